The molecule has 1 amide bonds. The number of anilines is 2. The van der Waals surface area contributed by atoms with E-state index in [0.717, 1.165) is 26.5 Å². The number of hydrogen-bond acceptors (Lipinski definition) is 4. The lowest BCUT2D eigenvalue weighted by Gasteiger charge is -2.08. The minimum atomic E-state index is -0.0831. The number of carbonyl (C=O) groups excluding carboxylic acids is 1. The Morgan fingerprint density at radius 3 is 2.81 bits per heavy atom. The van der Waals surface area contributed by atoms with E-state index >= 15 is 0 Å². The van der Waals surface area contributed by atoms with Crippen LogP contribution in [0.5, 0.6) is 0 Å². The van der Waals surface area contributed by atoms with E-state index in [4.69, 9.17) is 5.73 Å². The number of nitrogens with zero attached hydrogens (tertiary/aromatic N) is 1. The number of aromatic nitrogens is 1. The SMILES string of the molecule is CC(=O)Nc1c(C)cc(N)c2nc(C)sc12. The molecule has 0 bridgehead atoms. The number of rotatable bonds is 1. The fourth-order valence-corrected chi connectivity index (χ4v) is 2.68. The third-order valence-electron chi connectivity index (χ3n) is 2.30. The van der Waals surface area contributed by atoms with Crippen LogP contribution in [0.25, 0.3) is 10.2 Å². The highest BCUT2D eigenvalue weighted by molar-refractivity contribution is 7.19. The van der Waals surface area contributed by atoms with Gasteiger partial charge in [0.2, 0.25) is 5.91 Å². The summed E-state index contributed by atoms with van der Waals surface area (Å²) in [5.74, 6) is -0.0831. The lowest BCUT2D eigenvalue weighted by molar-refractivity contribution is -0.114. The Morgan fingerprint density at radius 1 is 1.50 bits per heavy atom. The third kappa shape index (κ3) is 1.74. The average molecular weight is 235 g/mol. The minimum Gasteiger partial charge on any atom is -0.397 e. The first-order valence-corrected chi connectivity index (χ1v) is 5.74. The van der Waals surface area contributed by atoms with Crippen LogP contribution in [-0.4, -0.2) is 10.9 Å². The molecule has 1 aromatic carbocycles. The molecule has 84 valence electrons. The van der Waals surface area contributed by atoms with Gasteiger partial charge in [-0.2, -0.15) is 0 Å². The van der Waals surface area contributed by atoms with Crippen molar-refractivity contribution >= 4 is 38.8 Å². The number of nitrogen functional groups attached to an aromatic ring is 1. The van der Waals surface area contributed by atoms with Crippen LogP contribution in [0, 0.1) is 13.8 Å². The van der Waals surface area contributed by atoms with Crippen molar-refractivity contribution in [2.75, 3.05) is 11.1 Å². The summed E-state index contributed by atoms with van der Waals surface area (Å²) < 4.78 is 0.949. The molecule has 2 rings (SSSR count). The van der Waals surface area contributed by atoms with Crippen molar-refractivity contribution in [3.8, 4) is 0 Å². The predicted molar refractivity (Wildman–Crippen MR) is 67.8 cm³/mol. The first-order chi connectivity index (χ1) is 7.49. The third-order valence-corrected chi connectivity index (χ3v) is 3.29. The standard InChI is InChI=1S/C11H13N3OS/c1-5-4-8(12)10-11(16-7(3)14-10)9(5)13-6(2)15/h4H,12H2,1-3H3,(H,13,15). The van der Waals surface area contributed by atoms with E-state index in [2.05, 4.69) is 10.3 Å². The molecule has 0 fully saturated rings. The normalized spacial score (nSPS) is 10.7. The lowest BCUT2D eigenvalue weighted by Crippen LogP contribution is -2.07. The number of amides is 1. The number of thiazole rings is 1. The van der Waals surface area contributed by atoms with Gasteiger partial charge in [0.25, 0.3) is 0 Å². The van der Waals surface area contributed by atoms with Gasteiger partial charge in [-0.15, -0.1) is 11.3 Å². The van der Waals surface area contributed by atoms with E-state index in [0.29, 0.717) is 5.69 Å². The first kappa shape index (κ1) is 10.9. The van der Waals surface area contributed by atoms with E-state index in [9.17, 15) is 4.79 Å². The van der Waals surface area contributed by atoms with Crippen molar-refractivity contribution in [1.82, 2.24) is 4.98 Å². The smallest absolute Gasteiger partial charge is 0.221 e. The summed E-state index contributed by atoms with van der Waals surface area (Å²) >= 11 is 1.54. The van der Waals surface area contributed by atoms with E-state index in [1.807, 2.05) is 19.9 Å². The van der Waals surface area contributed by atoms with Gasteiger partial charge in [0.15, 0.2) is 0 Å². The summed E-state index contributed by atoms with van der Waals surface area (Å²) in [6, 6.07) is 1.84. The largest absolute Gasteiger partial charge is 0.397 e. The quantitative estimate of drug-likeness (QED) is 0.746. The van der Waals surface area contributed by atoms with Crippen molar-refractivity contribution in [2.24, 2.45) is 0 Å². The molecule has 0 atom stereocenters. The van der Waals surface area contributed by atoms with Crippen molar-refractivity contribution in [1.29, 1.82) is 0 Å². The number of nitrogens with two attached hydrogens (primary N) is 1. The molecule has 4 nitrogen and oxygen atoms in total. The second kappa shape index (κ2) is 3.75. The topological polar surface area (TPSA) is 68.0 Å². The van der Waals surface area contributed by atoms with Gasteiger partial charge in [-0.05, 0) is 25.5 Å². The highest BCUT2D eigenvalue weighted by Gasteiger charge is 2.13. The summed E-state index contributed by atoms with van der Waals surface area (Å²) in [6.45, 7) is 5.35. The molecule has 0 spiro atoms. The molecule has 0 aliphatic rings. The summed E-state index contributed by atoms with van der Waals surface area (Å²) in [5, 5.41) is 3.78. The first-order valence-electron chi connectivity index (χ1n) is 4.93. The maximum Gasteiger partial charge on any atom is 0.221 e. The summed E-state index contributed by atoms with van der Waals surface area (Å²) in [5.41, 5.74) is 9.12. The van der Waals surface area contributed by atoms with E-state index in [1.54, 1.807) is 11.3 Å². The molecular formula is C11H13N3OS. The van der Waals surface area contributed by atoms with Gasteiger partial charge in [-0.3, -0.25) is 4.79 Å². The number of aryl methyl sites for hydroxylation is 2. The van der Waals surface area contributed by atoms with Crippen molar-refractivity contribution in [3.05, 3.63) is 16.6 Å². The average Bonchev–Trinajstić information content (AvgIpc) is 2.54. The molecule has 1 heterocycles. The van der Waals surface area contributed by atoms with Crippen LogP contribution >= 0.6 is 11.3 Å². The molecule has 0 aliphatic carbocycles. The van der Waals surface area contributed by atoms with E-state index in [1.165, 1.54) is 6.92 Å². The van der Waals surface area contributed by atoms with Crippen LogP contribution in [0.2, 0.25) is 0 Å². The lowest BCUT2D eigenvalue weighted by atomic mass is 10.1. The van der Waals surface area contributed by atoms with Crippen molar-refractivity contribution in [2.45, 2.75) is 20.8 Å². The Bertz CT molecular complexity index is 574. The van der Waals surface area contributed by atoms with Crippen LogP contribution in [0.1, 0.15) is 17.5 Å². The monoisotopic (exact) mass is 235 g/mol. The molecule has 3 N–H and O–H groups in total. The highest BCUT2D eigenvalue weighted by atomic mass is 32.1. The zero-order valence-electron chi connectivity index (χ0n) is 9.42. The molecule has 0 saturated carbocycles. The molecule has 0 aliphatic heterocycles. The number of carbonyl (C=O) groups is 1. The fourth-order valence-electron chi connectivity index (χ4n) is 1.68. The number of nitrogens with one attached hydrogen (secondary N) is 1. The van der Waals surface area contributed by atoms with Gasteiger partial charge in [0.1, 0.15) is 5.52 Å². The van der Waals surface area contributed by atoms with Gasteiger partial charge >= 0.3 is 0 Å². The summed E-state index contributed by atoms with van der Waals surface area (Å²) in [6.07, 6.45) is 0. The van der Waals surface area contributed by atoms with E-state index in [-0.39, 0.29) is 5.91 Å². The van der Waals surface area contributed by atoms with Gasteiger partial charge < -0.3 is 11.1 Å². The molecule has 0 radical (unpaired) electrons. The van der Waals surface area contributed by atoms with Gasteiger partial charge in [0, 0.05) is 6.92 Å². The Balaban J connectivity index is 2.75. The summed E-state index contributed by atoms with van der Waals surface area (Å²) in [4.78, 5) is 15.5. The van der Waals surface area contributed by atoms with E-state index < -0.39 is 0 Å². The Morgan fingerprint density at radius 2 is 2.19 bits per heavy atom. The molecular weight excluding hydrogens is 222 g/mol. The van der Waals surface area contributed by atoms with Crippen LogP contribution in [-0.2, 0) is 4.79 Å². The highest BCUT2D eigenvalue weighted by Crippen LogP contribution is 2.35. The molecule has 16 heavy (non-hydrogen) atoms. The Kier molecular flexibility index (Phi) is 2.55. The predicted octanol–water partition coefficient (Wildman–Crippen LogP) is 2.45. The van der Waals surface area contributed by atoms with Gasteiger partial charge in [0.05, 0.1) is 21.1 Å². The molecule has 5 heteroatoms. The summed E-state index contributed by atoms with van der Waals surface area (Å²) in [7, 11) is 0. The van der Waals surface area contributed by atoms with Crippen LogP contribution in [0.4, 0.5) is 11.4 Å². The number of benzene rings is 1. The van der Waals surface area contributed by atoms with Crippen molar-refractivity contribution in [3.63, 3.8) is 0 Å². The number of fused-ring (bicyclic) bond motifs is 1. The zero-order chi connectivity index (χ0) is 11.9. The van der Waals surface area contributed by atoms with Gasteiger partial charge in [-0.1, -0.05) is 0 Å². The Labute approximate surface area is 97.5 Å². The minimum absolute atomic E-state index is 0.0831. The second-order valence-corrected chi connectivity index (χ2v) is 4.95. The number of hydrogen-bond donors (Lipinski definition) is 2. The fraction of sp³-hybridized carbons (Fsp3) is 0.273. The van der Waals surface area contributed by atoms with Crippen LogP contribution in [0.3, 0.4) is 0 Å². The maximum atomic E-state index is 11.1. The maximum absolute atomic E-state index is 11.1. The second-order valence-electron chi connectivity index (χ2n) is 3.75. The van der Waals surface area contributed by atoms with Gasteiger partial charge in [-0.25, -0.2) is 4.98 Å². The Hall–Kier alpha value is -1.62. The molecule has 0 saturated heterocycles. The molecule has 1 aromatic heterocycles. The van der Waals surface area contributed by atoms with Crippen LogP contribution < -0.4 is 11.1 Å². The van der Waals surface area contributed by atoms with Crippen molar-refractivity contribution < 1.29 is 4.79 Å². The molecule has 0 unspecified atom stereocenters. The zero-order valence-corrected chi connectivity index (χ0v) is 10.2. The van der Waals surface area contributed by atoms with Crippen LogP contribution in [0.15, 0.2) is 6.07 Å². The molecule has 2 aromatic rings.